The second kappa shape index (κ2) is 35.7. The van der Waals surface area contributed by atoms with Crippen molar-refractivity contribution in [2.75, 3.05) is 41.2 Å². The van der Waals surface area contributed by atoms with Gasteiger partial charge in [-0.1, -0.05) is 72.8 Å². The SMILES string of the molecule is COC1=CC(c2cc3ccccc3n2C(=O)OCC(O)CO)=N/C1=C\c1[nH]c(C)cc1C.COC1=CC(c2cc3ccccc3n2C(=O)c2ccccc2)=N/C1=C/c1[nH]c(C)cc1C.COc1cc(=C2C=c3ccccc3=N2)[nH]/c1=C\c1[nH]c(C)c(CCCO)c1C.Cc1cc(C)c(/C=c2/[nH]c(=C3C=c4cc(F)ccc4=N3)cc2OC(C)C)[nH]1. The van der Waals surface area contributed by atoms with Gasteiger partial charge in [0.15, 0.2) is 0 Å². The minimum Gasteiger partial charge on any atom is -0.494 e. The number of para-hydroxylation sites is 3. The van der Waals surface area contributed by atoms with Crippen LogP contribution in [-0.4, -0.2) is 131 Å². The summed E-state index contributed by atoms with van der Waals surface area (Å²) in [6.07, 6.45) is 15.5. The third kappa shape index (κ3) is 18.1. The van der Waals surface area contributed by atoms with Gasteiger partial charge in [0.05, 0.1) is 111 Å². The predicted molar refractivity (Wildman–Crippen MR) is 465 cm³/mol. The summed E-state index contributed by atoms with van der Waals surface area (Å²) in [5, 5.41) is 36.8. The number of aromatic nitrogens is 8. The Labute approximate surface area is 685 Å². The Kier molecular flexibility index (Phi) is 24.5. The Morgan fingerprint density at radius 3 is 1.55 bits per heavy atom. The van der Waals surface area contributed by atoms with Crippen LogP contribution in [0.15, 0.2) is 219 Å². The number of nitrogens with one attached hydrogen (secondary N) is 6. The van der Waals surface area contributed by atoms with Crippen LogP contribution in [0, 0.1) is 61.2 Å². The molecule has 0 saturated carbocycles. The monoisotopic (exact) mass is 1590 g/mol. The van der Waals surface area contributed by atoms with Crippen molar-refractivity contribution in [1.82, 2.24) is 39.0 Å². The molecule has 119 heavy (non-hydrogen) atoms. The third-order valence-electron chi connectivity index (χ3n) is 20.6. The average Bonchev–Trinajstić information content (AvgIpc) is 1.62. The number of methoxy groups -OCH3 is 3. The number of aliphatic hydroxyl groups excluding tert-OH is 3. The van der Waals surface area contributed by atoms with E-state index in [4.69, 9.17) is 48.9 Å². The van der Waals surface area contributed by atoms with E-state index in [-0.39, 0.29) is 31.0 Å². The summed E-state index contributed by atoms with van der Waals surface area (Å²) >= 11 is 0. The lowest BCUT2D eigenvalue weighted by molar-refractivity contribution is 0.0328. The lowest BCUT2D eigenvalue weighted by Gasteiger charge is -2.11. The molecule has 0 aliphatic carbocycles. The number of H-pyrrole nitrogens is 6. The Morgan fingerprint density at radius 1 is 0.513 bits per heavy atom. The van der Waals surface area contributed by atoms with Crippen LogP contribution in [0.25, 0.3) is 69.7 Å². The maximum Gasteiger partial charge on any atom is 0.419 e. The summed E-state index contributed by atoms with van der Waals surface area (Å²) in [6.45, 7) is 19.8. The fourth-order valence-electron chi connectivity index (χ4n) is 14.8. The van der Waals surface area contributed by atoms with Gasteiger partial charge in [0.1, 0.15) is 52.9 Å². The first kappa shape index (κ1) is 81.7. The van der Waals surface area contributed by atoms with Crippen LogP contribution in [0.5, 0.6) is 11.5 Å². The number of hydrogen-bond acceptors (Lipinski definition) is 14. The molecule has 12 heterocycles. The molecule has 0 radical (unpaired) electrons. The number of aromatic amines is 6. The third-order valence-corrected chi connectivity index (χ3v) is 20.6. The number of benzene rings is 5. The van der Waals surface area contributed by atoms with Gasteiger partial charge >= 0.3 is 6.09 Å². The Balaban J connectivity index is 0.000000130. The van der Waals surface area contributed by atoms with Crippen molar-refractivity contribution >= 4 is 93.1 Å². The molecule has 0 spiro atoms. The van der Waals surface area contributed by atoms with Gasteiger partial charge in [0, 0.05) is 103 Å². The lowest BCUT2D eigenvalue weighted by atomic mass is 10.1. The van der Waals surface area contributed by atoms with E-state index in [9.17, 15) is 19.1 Å². The molecule has 0 saturated heterocycles. The number of allylic oxidation sites excluding steroid dienone is 2. The number of nitrogens with zero attached hydrogens (tertiary/aromatic N) is 6. The molecule has 17 rings (SSSR count). The number of hydrogen-bond donors (Lipinski definition) is 9. The predicted octanol–water partition coefficient (Wildman–Crippen LogP) is 11.8. The second-order valence-electron chi connectivity index (χ2n) is 29.8. The summed E-state index contributed by atoms with van der Waals surface area (Å²) in [7, 11) is 4.89. The molecule has 5 aromatic carbocycles. The van der Waals surface area contributed by atoms with E-state index in [1.807, 2.05) is 187 Å². The molecular weight excluding hydrogens is 1500 g/mol. The van der Waals surface area contributed by atoms with Gasteiger partial charge in [0.25, 0.3) is 5.91 Å². The zero-order valence-electron chi connectivity index (χ0n) is 68.7. The standard InChI is InChI=1S/C27H23N3O2.C24H25N3O5.C23H25N3O2.C22H22FN3O/c1-17-13-18(2)28-21(17)15-23-26(32-3)16-22(29-23)25-14-20-11-7-8-12-24(20)30(25)27(31)19-9-5-4-6-10-19;1-14-8-15(2)25-18(14)10-20-23(31-3)11-19(26-20)22-9-16-6-4-5-7-21(16)27(22)24(30)32-13-17(29)12-28;1-14-17(8-6-10-27)15(2)24-19(14)12-22-23(28-3)13-21(26-22)20-11-16-7-4-5-9-18(16)25-20;1-12(2)27-22-11-20(19-9-15-8-16(23)5-6-17(15)25-19)26-21(22)10-18-13(3)7-14(4)24-18/h4-16,28H,1-3H3;4-11,17,25,28-29H,12-13H2,1-3H3;4-5,7,9,11-13,24,26-27H,6,8,10H2,1-3H3;5-12,24,26H,1-4H3/b23-15+;20-10-;21-20?,22-12-;20-19?,21-10+. The highest BCUT2D eigenvalue weighted by atomic mass is 19.1. The summed E-state index contributed by atoms with van der Waals surface area (Å²) in [4.78, 5) is 65.7. The minimum atomic E-state index is -1.14. The van der Waals surface area contributed by atoms with Gasteiger partial charge in [0.2, 0.25) is 0 Å². The molecule has 0 bridgehead atoms. The highest BCUT2D eigenvalue weighted by Crippen LogP contribution is 2.33. The highest BCUT2D eigenvalue weighted by Gasteiger charge is 2.28. The normalized spacial score (nSPS) is 15.3. The number of halogens is 1. The fourth-order valence-corrected chi connectivity index (χ4v) is 14.8. The van der Waals surface area contributed by atoms with E-state index in [0.717, 1.165) is 163 Å². The van der Waals surface area contributed by atoms with Gasteiger partial charge < -0.3 is 68.9 Å². The van der Waals surface area contributed by atoms with E-state index in [2.05, 4.69) is 99.0 Å². The quantitative estimate of drug-likeness (QED) is 0.0391. The largest absolute Gasteiger partial charge is 0.494 e. The van der Waals surface area contributed by atoms with Crippen LogP contribution in [0.2, 0.25) is 0 Å². The van der Waals surface area contributed by atoms with Crippen molar-refractivity contribution in [3.05, 3.63) is 338 Å². The molecular formula is C96H95FN12O10. The van der Waals surface area contributed by atoms with Gasteiger partial charge in [-0.05, 0) is 225 Å². The van der Waals surface area contributed by atoms with E-state index in [1.54, 1.807) is 44.1 Å². The zero-order chi connectivity index (χ0) is 83.9. The molecule has 22 nitrogen and oxygen atoms in total. The molecule has 8 aromatic heterocycles. The summed E-state index contributed by atoms with van der Waals surface area (Å²) < 4.78 is 44.6. The molecule has 4 aliphatic heterocycles. The lowest BCUT2D eigenvalue weighted by Crippen LogP contribution is -2.25. The number of carbonyl (C=O) groups excluding carboxylic acids is 2. The molecule has 0 amide bonds. The van der Waals surface area contributed by atoms with Crippen molar-refractivity contribution in [3.8, 4) is 11.5 Å². The number of aliphatic imine (C=N–C) groups is 2. The van der Waals surface area contributed by atoms with Crippen LogP contribution in [-0.2, 0) is 20.6 Å². The number of aryl methyl sites for hydroxylation is 7. The summed E-state index contributed by atoms with van der Waals surface area (Å²) in [6, 6.07) is 51.4. The molecule has 9 N–H and O–H groups in total. The van der Waals surface area contributed by atoms with Crippen molar-refractivity contribution in [3.63, 3.8) is 0 Å². The first-order chi connectivity index (χ1) is 57.4. The Hall–Kier alpha value is -13.9. The van der Waals surface area contributed by atoms with Gasteiger partial charge in [-0.25, -0.2) is 33.7 Å². The van der Waals surface area contributed by atoms with Gasteiger partial charge in [-0.3, -0.25) is 9.36 Å². The van der Waals surface area contributed by atoms with Crippen LogP contribution in [0.4, 0.5) is 9.18 Å². The van der Waals surface area contributed by atoms with Gasteiger partial charge in [-0.2, -0.15) is 0 Å². The van der Waals surface area contributed by atoms with Crippen LogP contribution >= 0.6 is 0 Å². The van der Waals surface area contributed by atoms with Crippen molar-refractivity contribution in [1.29, 1.82) is 0 Å². The Morgan fingerprint density at radius 2 is 1.02 bits per heavy atom. The van der Waals surface area contributed by atoms with E-state index >= 15 is 0 Å². The molecule has 23 heteroatoms. The smallest absolute Gasteiger partial charge is 0.419 e. The fraction of sp³-hybridized carbons (Fsp3) is 0.208. The zero-order valence-corrected chi connectivity index (χ0v) is 68.7. The molecule has 13 aromatic rings. The number of rotatable bonds is 18. The summed E-state index contributed by atoms with van der Waals surface area (Å²) in [5.74, 6) is 2.44. The first-order valence-electron chi connectivity index (χ1n) is 39.3. The van der Waals surface area contributed by atoms with E-state index < -0.39 is 18.8 Å². The van der Waals surface area contributed by atoms with Crippen LogP contribution in [0.3, 0.4) is 0 Å². The van der Waals surface area contributed by atoms with Crippen LogP contribution < -0.4 is 52.0 Å². The van der Waals surface area contributed by atoms with Crippen molar-refractivity contribution in [2.24, 2.45) is 20.0 Å². The Bertz CT molecular complexity index is 6820. The van der Waals surface area contributed by atoms with E-state index in [1.165, 1.54) is 33.4 Å². The maximum absolute atomic E-state index is 13.5. The average molecular weight is 1600 g/mol. The molecule has 1 atom stereocenters. The first-order valence-corrected chi connectivity index (χ1v) is 39.3. The topological polar surface area (TPSA) is 295 Å². The molecule has 1 unspecified atom stereocenters. The van der Waals surface area contributed by atoms with E-state index in [0.29, 0.717) is 45.4 Å². The molecule has 4 aliphatic rings. The number of fused-ring (bicyclic) bond motifs is 4. The van der Waals surface area contributed by atoms with Crippen molar-refractivity contribution < 1.29 is 53.0 Å². The van der Waals surface area contributed by atoms with Crippen LogP contribution in [0.1, 0.15) is 115 Å². The van der Waals surface area contributed by atoms with Gasteiger partial charge in [-0.15, -0.1) is 0 Å². The summed E-state index contributed by atoms with van der Waals surface area (Å²) in [5.41, 5.74) is 21.9. The number of carbonyl (C=O) groups is 2. The second-order valence-corrected chi connectivity index (χ2v) is 29.8. The van der Waals surface area contributed by atoms with Crippen molar-refractivity contribution in [2.45, 2.75) is 94.3 Å². The molecule has 0 fully saturated rings. The maximum atomic E-state index is 13.5. The highest BCUT2D eigenvalue weighted by molar-refractivity contribution is 6.18. The molecule has 606 valence electrons. The number of aliphatic hydroxyl groups is 3. The minimum absolute atomic E-state index is 0.0491. The number of ether oxygens (including phenoxy) is 5.